The summed E-state index contributed by atoms with van der Waals surface area (Å²) in [6.07, 6.45) is 2.19. The number of hydrogen-bond acceptors (Lipinski definition) is 6. The Bertz CT molecular complexity index is 587. The number of rotatable bonds is 5. The summed E-state index contributed by atoms with van der Waals surface area (Å²) in [4.78, 5) is 8.32. The average molecular weight is 292 g/mol. The molecule has 0 bridgehead atoms. The third-order valence-electron chi connectivity index (χ3n) is 3.45. The number of aromatic nitrogens is 3. The number of pyridine rings is 1. The molecule has 2 aromatic heterocycles. The molecule has 6 nitrogen and oxygen atoms in total. The summed E-state index contributed by atoms with van der Waals surface area (Å²) in [5.74, 6) is 0.544. The van der Waals surface area contributed by atoms with E-state index < -0.39 is 5.82 Å². The van der Waals surface area contributed by atoms with Gasteiger partial charge in [0.2, 0.25) is 11.7 Å². The fourth-order valence-electron chi connectivity index (χ4n) is 2.33. The van der Waals surface area contributed by atoms with Gasteiger partial charge in [-0.15, -0.1) is 0 Å². The lowest BCUT2D eigenvalue weighted by atomic mass is 10.0. The van der Waals surface area contributed by atoms with Gasteiger partial charge in [0.25, 0.3) is 0 Å². The van der Waals surface area contributed by atoms with E-state index >= 15 is 0 Å². The van der Waals surface area contributed by atoms with Crippen molar-refractivity contribution in [2.75, 3.05) is 19.8 Å². The highest BCUT2D eigenvalue weighted by molar-refractivity contribution is 5.47. The largest absolute Gasteiger partial charge is 0.379 e. The summed E-state index contributed by atoms with van der Waals surface area (Å²) in [5.41, 5.74) is 0.489. The van der Waals surface area contributed by atoms with Gasteiger partial charge in [-0.2, -0.15) is 4.98 Å². The number of nitrogens with zero attached hydrogens (tertiary/aromatic N) is 3. The van der Waals surface area contributed by atoms with Crippen LogP contribution in [-0.4, -0.2) is 40.9 Å². The molecule has 1 N–H and O–H groups in total. The van der Waals surface area contributed by atoms with E-state index in [1.165, 1.54) is 12.1 Å². The van der Waals surface area contributed by atoms with Crippen molar-refractivity contribution in [1.29, 1.82) is 0 Å². The number of nitrogens with one attached hydrogen (secondary N) is 1. The summed E-state index contributed by atoms with van der Waals surface area (Å²) in [5, 5.41) is 7.34. The van der Waals surface area contributed by atoms with Crippen LogP contribution in [0.15, 0.2) is 22.9 Å². The lowest BCUT2D eigenvalue weighted by molar-refractivity contribution is 0.184. The van der Waals surface area contributed by atoms with Crippen LogP contribution < -0.4 is 5.32 Å². The van der Waals surface area contributed by atoms with Crippen molar-refractivity contribution in [2.45, 2.75) is 25.3 Å². The summed E-state index contributed by atoms with van der Waals surface area (Å²) >= 11 is 0. The monoisotopic (exact) mass is 292 g/mol. The molecule has 0 aromatic carbocycles. The van der Waals surface area contributed by atoms with Crippen LogP contribution >= 0.6 is 0 Å². The van der Waals surface area contributed by atoms with Gasteiger partial charge >= 0.3 is 0 Å². The minimum Gasteiger partial charge on any atom is -0.379 e. The number of ether oxygens (including phenoxy) is 1. The Morgan fingerprint density at radius 1 is 1.38 bits per heavy atom. The van der Waals surface area contributed by atoms with Crippen LogP contribution in [0.5, 0.6) is 0 Å². The van der Waals surface area contributed by atoms with E-state index in [1.54, 1.807) is 0 Å². The molecule has 0 aliphatic carbocycles. The molecular weight excluding hydrogens is 275 g/mol. The summed E-state index contributed by atoms with van der Waals surface area (Å²) in [6.45, 7) is 4.23. The second-order valence-corrected chi connectivity index (χ2v) is 5.02. The molecule has 0 saturated carbocycles. The van der Waals surface area contributed by atoms with Crippen LogP contribution in [0, 0.1) is 5.82 Å². The van der Waals surface area contributed by atoms with E-state index in [0.717, 1.165) is 19.2 Å². The molecular formula is C14H17FN4O2. The molecule has 0 amide bonds. The van der Waals surface area contributed by atoms with E-state index in [9.17, 15) is 4.39 Å². The number of hydrogen-bond donors (Lipinski definition) is 1. The van der Waals surface area contributed by atoms with Gasteiger partial charge in [0, 0.05) is 6.04 Å². The first kappa shape index (κ1) is 14.1. The van der Waals surface area contributed by atoms with E-state index in [0.29, 0.717) is 30.6 Å². The molecule has 3 heterocycles. The van der Waals surface area contributed by atoms with E-state index in [1.807, 2.05) is 0 Å². The Kier molecular flexibility index (Phi) is 4.21. The molecule has 0 spiro atoms. The van der Waals surface area contributed by atoms with Gasteiger partial charge in [0.1, 0.15) is 11.5 Å². The average Bonchev–Trinajstić information content (AvgIpc) is 3.14. The first-order valence-corrected chi connectivity index (χ1v) is 7.04. The second kappa shape index (κ2) is 6.28. The Morgan fingerprint density at radius 3 is 3.05 bits per heavy atom. The van der Waals surface area contributed by atoms with Crippen molar-refractivity contribution < 1.29 is 13.7 Å². The Morgan fingerprint density at radius 2 is 2.29 bits per heavy atom. The minimum atomic E-state index is -0.393. The third-order valence-corrected chi connectivity index (χ3v) is 3.45. The molecule has 1 aliphatic heterocycles. The summed E-state index contributed by atoms with van der Waals surface area (Å²) in [6, 6.07) is 3.03. The highest BCUT2D eigenvalue weighted by atomic mass is 19.1. The molecule has 2 aromatic rings. The van der Waals surface area contributed by atoms with E-state index in [4.69, 9.17) is 9.26 Å². The summed E-state index contributed by atoms with van der Waals surface area (Å²) in [7, 11) is 0. The molecule has 1 fully saturated rings. The lowest BCUT2D eigenvalue weighted by Crippen LogP contribution is -2.34. The van der Waals surface area contributed by atoms with Crippen LogP contribution in [0.3, 0.4) is 0 Å². The predicted octanol–water partition coefficient (Wildman–Crippen LogP) is 1.75. The highest BCUT2D eigenvalue weighted by Gasteiger charge is 2.33. The summed E-state index contributed by atoms with van der Waals surface area (Å²) < 4.78 is 23.7. The zero-order chi connectivity index (χ0) is 14.7. The minimum absolute atomic E-state index is 0.0400. The van der Waals surface area contributed by atoms with Gasteiger partial charge in [-0.05, 0) is 25.1 Å². The molecule has 21 heavy (non-hydrogen) atoms. The smallest absolute Gasteiger partial charge is 0.234 e. The van der Waals surface area contributed by atoms with Crippen molar-refractivity contribution in [3.05, 3.63) is 30.0 Å². The van der Waals surface area contributed by atoms with Gasteiger partial charge in [0.15, 0.2) is 0 Å². The molecule has 0 radical (unpaired) electrons. The Hall–Kier alpha value is -1.86. The molecule has 2 atom stereocenters. The van der Waals surface area contributed by atoms with E-state index in [-0.39, 0.29) is 12.0 Å². The standard InChI is InChI=1S/C14H17FN4O2/c1-2-5-16-12-8-20-7-10(12)14-18-13(19-21-14)11-4-3-9(15)6-17-11/h3-4,6,10,12,16H,2,5,7-8H2,1H3. The van der Waals surface area contributed by atoms with Crippen LogP contribution in [-0.2, 0) is 4.74 Å². The topological polar surface area (TPSA) is 73.1 Å². The van der Waals surface area contributed by atoms with Gasteiger partial charge in [0.05, 0.1) is 25.3 Å². The SMILES string of the molecule is CCCNC1COCC1c1nc(-c2ccc(F)cn2)no1. The Balaban J connectivity index is 1.76. The molecule has 2 unspecified atom stereocenters. The normalized spacial score (nSPS) is 21.8. The van der Waals surface area contributed by atoms with E-state index in [2.05, 4.69) is 27.4 Å². The van der Waals surface area contributed by atoms with Gasteiger partial charge in [-0.3, -0.25) is 0 Å². The third kappa shape index (κ3) is 3.08. The Labute approximate surface area is 121 Å². The van der Waals surface area contributed by atoms with Crippen molar-refractivity contribution in [3.8, 4) is 11.5 Å². The van der Waals surface area contributed by atoms with Crippen molar-refractivity contribution in [3.63, 3.8) is 0 Å². The van der Waals surface area contributed by atoms with Crippen molar-refractivity contribution >= 4 is 0 Å². The highest BCUT2D eigenvalue weighted by Crippen LogP contribution is 2.26. The molecule has 7 heteroatoms. The van der Waals surface area contributed by atoms with Crippen LogP contribution in [0.25, 0.3) is 11.5 Å². The molecule has 1 aliphatic rings. The maximum Gasteiger partial charge on any atom is 0.234 e. The zero-order valence-electron chi connectivity index (χ0n) is 11.8. The predicted molar refractivity (Wildman–Crippen MR) is 73.1 cm³/mol. The van der Waals surface area contributed by atoms with Gasteiger partial charge in [-0.1, -0.05) is 12.1 Å². The maximum absolute atomic E-state index is 12.9. The quantitative estimate of drug-likeness (QED) is 0.905. The lowest BCUT2D eigenvalue weighted by Gasteiger charge is -2.14. The fraction of sp³-hybridized carbons (Fsp3) is 0.500. The first-order valence-electron chi connectivity index (χ1n) is 7.04. The molecule has 1 saturated heterocycles. The van der Waals surface area contributed by atoms with Gasteiger partial charge in [-0.25, -0.2) is 9.37 Å². The molecule has 3 rings (SSSR count). The first-order chi connectivity index (χ1) is 10.3. The van der Waals surface area contributed by atoms with Crippen LogP contribution in [0.2, 0.25) is 0 Å². The van der Waals surface area contributed by atoms with Crippen LogP contribution in [0.1, 0.15) is 25.2 Å². The van der Waals surface area contributed by atoms with Crippen molar-refractivity contribution in [2.24, 2.45) is 0 Å². The number of halogens is 1. The van der Waals surface area contributed by atoms with Crippen LogP contribution in [0.4, 0.5) is 4.39 Å². The maximum atomic E-state index is 12.9. The fourth-order valence-corrected chi connectivity index (χ4v) is 2.33. The molecule has 112 valence electrons. The zero-order valence-corrected chi connectivity index (χ0v) is 11.8. The van der Waals surface area contributed by atoms with Gasteiger partial charge < -0.3 is 14.6 Å². The van der Waals surface area contributed by atoms with Crippen molar-refractivity contribution in [1.82, 2.24) is 20.4 Å². The second-order valence-electron chi connectivity index (χ2n) is 5.02.